The van der Waals surface area contributed by atoms with Crippen molar-refractivity contribution < 1.29 is 19.1 Å². The first-order chi connectivity index (χ1) is 12.4. The van der Waals surface area contributed by atoms with Crippen molar-refractivity contribution >= 4 is 35.0 Å². The van der Waals surface area contributed by atoms with Gasteiger partial charge in [-0.15, -0.1) is 0 Å². The molecule has 1 fully saturated rings. The maximum absolute atomic E-state index is 12.4. The van der Waals surface area contributed by atoms with Crippen LogP contribution in [0.5, 0.6) is 0 Å². The molecule has 0 saturated carbocycles. The molecule has 0 aromatic carbocycles. The SMILES string of the molecule is COC(=O)CN1C(=O)SC(=Cc2cc(C)n(-c3cccnc3)c2C)C1=O. The lowest BCUT2D eigenvalue weighted by atomic mass is 10.2. The molecule has 0 N–H and O–H groups in total. The number of amides is 2. The quantitative estimate of drug-likeness (QED) is 0.607. The van der Waals surface area contributed by atoms with Crippen LogP contribution in [0.15, 0.2) is 35.5 Å². The Labute approximate surface area is 154 Å². The van der Waals surface area contributed by atoms with Crippen LogP contribution < -0.4 is 0 Å². The summed E-state index contributed by atoms with van der Waals surface area (Å²) in [6.07, 6.45) is 5.14. The smallest absolute Gasteiger partial charge is 0.325 e. The number of rotatable bonds is 4. The fraction of sp³-hybridized carbons (Fsp3) is 0.222. The largest absolute Gasteiger partial charge is 0.468 e. The van der Waals surface area contributed by atoms with Crippen LogP contribution in [0.4, 0.5) is 4.79 Å². The minimum atomic E-state index is -0.636. The number of carbonyl (C=O) groups is 3. The lowest BCUT2D eigenvalue weighted by Gasteiger charge is -2.10. The molecular weight excluding hydrogens is 354 g/mol. The highest BCUT2D eigenvalue weighted by Gasteiger charge is 2.36. The van der Waals surface area contributed by atoms with Crippen molar-refractivity contribution in [3.63, 3.8) is 0 Å². The van der Waals surface area contributed by atoms with E-state index >= 15 is 0 Å². The maximum atomic E-state index is 12.4. The molecule has 1 aliphatic heterocycles. The predicted molar refractivity (Wildman–Crippen MR) is 97.7 cm³/mol. The van der Waals surface area contributed by atoms with Crippen molar-refractivity contribution in [1.82, 2.24) is 14.5 Å². The maximum Gasteiger partial charge on any atom is 0.325 e. The summed E-state index contributed by atoms with van der Waals surface area (Å²) in [5.74, 6) is -1.13. The van der Waals surface area contributed by atoms with Gasteiger partial charge in [-0.25, -0.2) is 0 Å². The highest BCUT2D eigenvalue weighted by Crippen LogP contribution is 2.33. The topological polar surface area (TPSA) is 81.5 Å². The van der Waals surface area contributed by atoms with Crippen LogP contribution in [-0.4, -0.2) is 45.2 Å². The fourth-order valence-electron chi connectivity index (χ4n) is 2.79. The van der Waals surface area contributed by atoms with Crippen molar-refractivity contribution in [1.29, 1.82) is 0 Å². The number of aromatic nitrogens is 2. The zero-order valence-corrected chi connectivity index (χ0v) is 15.4. The van der Waals surface area contributed by atoms with Gasteiger partial charge in [-0.1, -0.05) is 0 Å². The Morgan fingerprint density at radius 1 is 1.35 bits per heavy atom. The van der Waals surface area contributed by atoms with Gasteiger partial charge < -0.3 is 9.30 Å². The molecule has 0 aliphatic carbocycles. The highest BCUT2D eigenvalue weighted by atomic mass is 32.2. The van der Waals surface area contributed by atoms with Crippen LogP contribution in [0.2, 0.25) is 0 Å². The molecule has 2 amide bonds. The van der Waals surface area contributed by atoms with E-state index in [0.717, 1.165) is 39.3 Å². The average Bonchev–Trinajstić information content (AvgIpc) is 3.05. The standard InChI is InChI=1S/C18H17N3O4S/c1-11-7-13(12(2)21(11)14-5-4-6-19-9-14)8-15-17(23)20(18(24)26-15)10-16(22)25-3/h4-9H,10H2,1-3H3. The number of thioether (sulfide) groups is 1. The number of pyridine rings is 1. The highest BCUT2D eigenvalue weighted by molar-refractivity contribution is 8.18. The Balaban J connectivity index is 1.93. The van der Waals surface area contributed by atoms with Gasteiger partial charge in [0.05, 0.1) is 23.9 Å². The minimum absolute atomic E-state index is 0.283. The van der Waals surface area contributed by atoms with Crippen molar-refractivity contribution in [2.24, 2.45) is 0 Å². The number of aryl methyl sites for hydroxylation is 1. The average molecular weight is 371 g/mol. The van der Waals surface area contributed by atoms with E-state index in [2.05, 4.69) is 9.72 Å². The van der Waals surface area contributed by atoms with E-state index in [1.807, 2.05) is 36.6 Å². The molecule has 8 heteroatoms. The molecule has 2 aromatic heterocycles. The Bertz CT molecular complexity index is 918. The molecule has 0 bridgehead atoms. The zero-order valence-electron chi connectivity index (χ0n) is 14.6. The van der Waals surface area contributed by atoms with E-state index in [1.165, 1.54) is 7.11 Å². The number of hydrogen-bond donors (Lipinski definition) is 0. The third-order valence-electron chi connectivity index (χ3n) is 4.05. The molecule has 3 heterocycles. The van der Waals surface area contributed by atoms with Crippen molar-refractivity contribution in [3.05, 3.63) is 52.4 Å². The molecule has 1 saturated heterocycles. The monoisotopic (exact) mass is 371 g/mol. The summed E-state index contributed by atoms with van der Waals surface area (Å²) in [6, 6.07) is 5.74. The summed E-state index contributed by atoms with van der Waals surface area (Å²) in [5.41, 5.74) is 3.65. The molecule has 7 nitrogen and oxygen atoms in total. The number of esters is 1. The van der Waals surface area contributed by atoms with Crippen LogP contribution in [0, 0.1) is 13.8 Å². The van der Waals surface area contributed by atoms with Gasteiger partial charge in [0, 0.05) is 17.6 Å². The molecule has 0 atom stereocenters. The van der Waals surface area contributed by atoms with Gasteiger partial charge in [0.15, 0.2) is 0 Å². The molecule has 0 radical (unpaired) electrons. The number of carbonyl (C=O) groups excluding carboxylic acids is 3. The van der Waals surface area contributed by atoms with Gasteiger partial charge >= 0.3 is 5.97 Å². The van der Waals surface area contributed by atoms with Crippen molar-refractivity contribution in [2.75, 3.05) is 13.7 Å². The summed E-state index contributed by atoms with van der Waals surface area (Å²) < 4.78 is 6.55. The van der Waals surface area contributed by atoms with Crippen molar-refractivity contribution in [3.8, 4) is 5.69 Å². The first-order valence-electron chi connectivity index (χ1n) is 7.84. The summed E-state index contributed by atoms with van der Waals surface area (Å²) in [5, 5.41) is -0.479. The Kier molecular flexibility index (Phi) is 4.94. The summed E-state index contributed by atoms with van der Waals surface area (Å²) in [6.45, 7) is 3.51. The first kappa shape index (κ1) is 17.9. The second-order valence-electron chi connectivity index (χ2n) is 5.72. The van der Waals surface area contributed by atoms with Crippen LogP contribution in [0.3, 0.4) is 0 Å². The van der Waals surface area contributed by atoms with Gasteiger partial charge in [-0.05, 0) is 55.4 Å². The minimum Gasteiger partial charge on any atom is -0.468 e. The van der Waals surface area contributed by atoms with Crippen molar-refractivity contribution in [2.45, 2.75) is 13.8 Å². The van der Waals surface area contributed by atoms with Crippen LogP contribution in [0.1, 0.15) is 17.0 Å². The lowest BCUT2D eigenvalue weighted by molar-refractivity contribution is -0.143. The van der Waals surface area contributed by atoms with Gasteiger partial charge in [0.2, 0.25) is 0 Å². The molecule has 3 rings (SSSR count). The molecule has 1 aliphatic rings. The number of ether oxygens (including phenoxy) is 1. The number of nitrogens with zero attached hydrogens (tertiary/aromatic N) is 3. The summed E-state index contributed by atoms with van der Waals surface area (Å²) in [7, 11) is 1.21. The van der Waals surface area contributed by atoms with Gasteiger partial charge in [0.25, 0.3) is 11.1 Å². The van der Waals surface area contributed by atoms with E-state index in [-0.39, 0.29) is 11.4 Å². The number of imide groups is 1. The van der Waals surface area contributed by atoms with E-state index < -0.39 is 17.1 Å². The summed E-state index contributed by atoms with van der Waals surface area (Å²) >= 11 is 0.818. The van der Waals surface area contributed by atoms with Gasteiger partial charge in [0.1, 0.15) is 6.54 Å². The van der Waals surface area contributed by atoms with Crippen LogP contribution in [-0.2, 0) is 14.3 Å². The predicted octanol–water partition coefficient (Wildman–Crippen LogP) is 2.70. The van der Waals surface area contributed by atoms with E-state index in [9.17, 15) is 14.4 Å². The first-order valence-corrected chi connectivity index (χ1v) is 8.65. The zero-order chi connectivity index (χ0) is 18.8. The third-order valence-corrected chi connectivity index (χ3v) is 4.96. The molecule has 26 heavy (non-hydrogen) atoms. The van der Waals surface area contributed by atoms with Gasteiger partial charge in [-0.2, -0.15) is 0 Å². The summed E-state index contributed by atoms with van der Waals surface area (Å²) in [4.78, 5) is 41.1. The number of hydrogen-bond acceptors (Lipinski definition) is 6. The van der Waals surface area contributed by atoms with E-state index in [1.54, 1.807) is 18.5 Å². The lowest BCUT2D eigenvalue weighted by Crippen LogP contribution is -2.34. The molecule has 134 valence electrons. The molecule has 2 aromatic rings. The van der Waals surface area contributed by atoms with Crippen LogP contribution >= 0.6 is 11.8 Å². The van der Waals surface area contributed by atoms with E-state index in [0.29, 0.717) is 0 Å². The molecule has 0 spiro atoms. The second kappa shape index (κ2) is 7.17. The Hall–Kier alpha value is -2.87. The Morgan fingerprint density at radius 2 is 2.12 bits per heavy atom. The van der Waals surface area contributed by atoms with E-state index in [4.69, 9.17) is 0 Å². The molecule has 0 unspecified atom stereocenters. The van der Waals surface area contributed by atoms with Gasteiger partial charge in [-0.3, -0.25) is 24.3 Å². The normalized spacial score (nSPS) is 15.8. The molecular formula is C18H17N3O4S. The third kappa shape index (κ3) is 3.28. The Morgan fingerprint density at radius 3 is 2.77 bits per heavy atom. The fourth-order valence-corrected chi connectivity index (χ4v) is 3.62. The second-order valence-corrected chi connectivity index (χ2v) is 6.71. The van der Waals surface area contributed by atoms with Crippen LogP contribution in [0.25, 0.3) is 11.8 Å². The number of methoxy groups -OCH3 is 1.